The molecule has 0 aromatic rings. The van der Waals surface area contributed by atoms with Gasteiger partial charge in [0, 0.05) is 20.6 Å². The fourth-order valence-electron chi connectivity index (χ4n) is 0.950. The van der Waals surface area contributed by atoms with Crippen molar-refractivity contribution in [1.82, 2.24) is 0 Å². The maximum Gasteiger partial charge on any atom is 0.364 e. The lowest BCUT2D eigenvalue weighted by molar-refractivity contribution is -0.107. The third-order valence-corrected chi connectivity index (χ3v) is 4.95. The van der Waals surface area contributed by atoms with Gasteiger partial charge in [-0.05, 0) is 12.5 Å². The van der Waals surface area contributed by atoms with E-state index in [1.165, 1.54) is 14.2 Å². The average molecular weight is 192 g/mol. The highest BCUT2D eigenvalue weighted by Gasteiger charge is 2.33. The maximum absolute atomic E-state index is 10.0. The molecular formula is C7H16O4Si. The summed E-state index contributed by atoms with van der Waals surface area (Å²) in [5.74, 6) is 0. The van der Waals surface area contributed by atoms with E-state index in [1.807, 2.05) is 0 Å². The van der Waals surface area contributed by atoms with Crippen LogP contribution in [0.5, 0.6) is 0 Å². The molecule has 12 heavy (non-hydrogen) atoms. The number of aliphatic hydroxyl groups excluding tert-OH is 1. The Morgan fingerprint density at radius 2 is 2.00 bits per heavy atom. The van der Waals surface area contributed by atoms with Gasteiger partial charge in [-0.15, -0.1) is 0 Å². The molecule has 4 nitrogen and oxygen atoms in total. The lowest BCUT2D eigenvalue weighted by Crippen LogP contribution is -2.44. The number of carbonyl (C=O) groups excluding carboxylic acids is 1. The van der Waals surface area contributed by atoms with Gasteiger partial charge in [0.2, 0.25) is 0 Å². The second kappa shape index (κ2) is 6.30. The zero-order valence-electron chi connectivity index (χ0n) is 7.58. The molecule has 1 N–H and O–H groups in total. The molecule has 0 rings (SSSR count). The highest BCUT2D eigenvalue weighted by Crippen LogP contribution is 2.14. The first kappa shape index (κ1) is 11.8. The summed E-state index contributed by atoms with van der Waals surface area (Å²) in [7, 11) is 0.711. The second-order valence-corrected chi connectivity index (χ2v) is 5.99. The molecule has 0 saturated carbocycles. The molecule has 0 heterocycles. The van der Waals surface area contributed by atoms with Gasteiger partial charge in [-0.1, -0.05) is 0 Å². The first-order valence-corrected chi connectivity index (χ1v) is 6.12. The normalized spacial score (nSPS) is 11.6. The molecule has 0 radical (unpaired) electrons. The Kier molecular flexibility index (Phi) is 6.18. The van der Waals surface area contributed by atoms with Crippen LogP contribution in [0.2, 0.25) is 6.04 Å². The number of aldehydes is 1. The third kappa shape index (κ3) is 3.44. The van der Waals surface area contributed by atoms with Gasteiger partial charge in [-0.2, -0.15) is 0 Å². The van der Waals surface area contributed by atoms with E-state index in [9.17, 15) is 4.79 Å². The van der Waals surface area contributed by atoms with Crippen LogP contribution in [0.1, 0.15) is 12.8 Å². The highest BCUT2D eigenvalue weighted by atomic mass is 28.4. The Morgan fingerprint density at radius 3 is 2.33 bits per heavy atom. The Bertz CT molecular complexity index is 116. The summed E-state index contributed by atoms with van der Waals surface area (Å²) in [6.45, 7) is 0. The van der Waals surface area contributed by atoms with E-state index in [4.69, 9.17) is 14.0 Å². The van der Waals surface area contributed by atoms with Crippen molar-refractivity contribution in [3.8, 4) is 0 Å². The summed E-state index contributed by atoms with van der Waals surface area (Å²) in [4.78, 5) is 10.0. The molecule has 0 aliphatic carbocycles. The number of unbranched alkanes of at least 4 members (excludes halogenated alkanes) is 1. The van der Waals surface area contributed by atoms with E-state index >= 15 is 0 Å². The zero-order chi connectivity index (χ0) is 9.45. The van der Waals surface area contributed by atoms with Crippen LogP contribution in [-0.2, 0) is 13.6 Å². The van der Waals surface area contributed by atoms with Crippen LogP contribution in [0.4, 0.5) is 0 Å². The van der Waals surface area contributed by atoms with Crippen LogP contribution >= 0.6 is 0 Å². The Labute approximate surface area is 73.7 Å². The molecule has 0 aliphatic rings. The topological polar surface area (TPSA) is 55.8 Å². The van der Waals surface area contributed by atoms with Gasteiger partial charge in [0.05, 0.1) is 6.23 Å². The molecule has 0 aromatic heterocycles. The lowest BCUT2D eigenvalue weighted by Gasteiger charge is -2.24. The fraction of sp³-hybridized carbons (Fsp3) is 0.857. The number of rotatable bonds is 7. The number of hydrogen-bond acceptors (Lipinski definition) is 4. The van der Waals surface area contributed by atoms with E-state index in [-0.39, 0.29) is 6.23 Å². The van der Waals surface area contributed by atoms with Crippen molar-refractivity contribution in [2.45, 2.75) is 18.9 Å². The summed E-state index contributed by atoms with van der Waals surface area (Å²) >= 11 is 0. The summed E-state index contributed by atoms with van der Waals surface area (Å²) in [5.41, 5.74) is 0. The van der Waals surface area contributed by atoms with Crippen LogP contribution in [0.25, 0.3) is 0 Å². The van der Waals surface area contributed by atoms with Crippen LogP contribution in [-0.4, -0.2) is 40.4 Å². The fourth-order valence-corrected chi connectivity index (χ4v) is 2.68. The molecule has 0 fully saturated rings. The summed E-state index contributed by atoms with van der Waals surface area (Å²) in [6.07, 6.45) is 2.03. The van der Waals surface area contributed by atoms with Crippen LogP contribution < -0.4 is 0 Å². The van der Waals surface area contributed by atoms with Crippen molar-refractivity contribution in [1.29, 1.82) is 0 Å². The van der Waals surface area contributed by atoms with Crippen molar-refractivity contribution >= 4 is 14.8 Å². The van der Waals surface area contributed by atoms with Gasteiger partial charge in [0.15, 0.2) is 0 Å². The van der Waals surface area contributed by atoms with Crippen LogP contribution in [0, 0.1) is 0 Å². The number of carbonyl (C=O) groups is 1. The molecule has 0 unspecified atom stereocenters. The molecule has 0 spiro atoms. The van der Waals surface area contributed by atoms with Crippen LogP contribution in [0.15, 0.2) is 0 Å². The third-order valence-electron chi connectivity index (χ3n) is 1.86. The van der Waals surface area contributed by atoms with E-state index in [1.54, 1.807) is 0 Å². The average Bonchev–Trinajstić information content (AvgIpc) is 2.14. The van der Waals surface area contributed by atoms with E-state index < -0.39 is 8.56 Å². The van der Waals surface area contributed by atoms with Gasteiger partial charge in [0.25, 0.3) is 0 Å². The van der Waals surface area contributed by atoms with Gasteiger partial charge < -0.3 is 18.8 Å². The van der Waals surface area contributed by atoms with Crippen molar-refractivity contribution < 1.29 is 18.8 Å². The monoisotopic (exact) mass is 192 g/mol. The molecule has 72 valence electrons. The minimum Gasteiger partial charge on any atom is -0.396 e. The van der Waals surface area contributed by atoms with Gasteiger partial charge in [-0.25, -0.2) is 0 Å². The number of aliphatic hydroxyl groups is 1. The van der Waals surface area contributed by atoms with Gasteiger partial charge >= 0.3 is 8.56 Å². The zero-order valence-corrected chi connectivity index (χ0v) is 8.58. The number of hydrogen-bond donors (Lipinski definition) is 1. The van der Waals surface area contributed by atoms with E-state index in [2.05, 4.69) is 0 Å². The molecular weight excluding hydrogens is 176 g/mol. The standard InChI is InChI=1S/C7H16O4Si/c1-10-12(7-9,11-2)6-4-3-5-8/h5,9H,3-4,6-7H2,1-2H3. The molecule has 0 atom stereocenters. The molecule has 0 bridgehead atoms. The van der Waals surface area contributed by atoms with Crippen molar-refractivity contribution in [3.63, 3.8) is 0 Å². The Hall–Kier alpha value is -0.233. The van der Waals surface area contributed by atoms with E-state index in [0.29, 0.717) is 12.5 Å². The quantitative estimate of drug-likeness (QED) is 0.356. The first-order chi connectivity index (χ1) is 5.74. The van der Waals surface area contributed by atoms with Crippen molar-refractivity contribution in [3.05, 3.63) is 0 Å². The SMILES string of the molecule is CO[Si](CO)(CCCC=O)OC. The predicted octanol–water partition coefficient (Wildman–Crippen LogP) is 0.232. The molecule has 0 aromatic carbocycles. The minimum atomic E-state index is -2.36. The van der Waals surface area contributed by atoms with Gasteiger partial charge in [-0.3, -0.25) is 0 Å². The lowest BCUT2D eigenvalue weighted by atomic mass is 10.4. The smallest absolute Gasteiger partial charge is 0.364 e. The Morgan fingerprint density at radius 1 is 1.42 bits per heavy atom. The largest absolute Gasteiger partial charge is 0.396 e. The minimum absolute atomic E-state index is 0.0567. The van der Waals surface area contributed by atoms with Crippen molar-refractivity contribution in [2.75, 3.05) is 20.4 Å². The van der Waals surface area contributed by atoms with Crippen molar-refractivity contribution in [2.24, 2.45) is 0 Å². The molecule has 0 aliphatic heterocycles. The Balaban J connectivity index is 3.84. The molecule has 0 amide bonds. The maximum atomic E-state index is 10.0. The predicted molar refractivity (Wildman–Crippen MR) is 47.0 cm³/mol. The molecule has 5 heteroatoms. The summed E-state index contributed by atoms with van der Waals surface area (Å²) < 4.78 is 10.3. The van der Waals surface area contributed by atoms with Gasteiger partial charge in [0.1, 0.15) is 6.29 Å². The highest BCUT2D eigenvalue weighted by molar-refractivity contribution is 6.67. The first-order valence-electron chi connectivity index (χ1n) is 3.89. The second-order valence-electron chi connectivity index (χ2n) is 2.54. The summed E-state index contributed by atoms with van der Waals surface area (Å²) in [5, 5.41) is 9.00. The molecule has 0 saturated heterocycles. The summed E-state index contributed by atoms with van der Waals surface area (Å²) in [6, 6.07) is 0.662. The van der Waals surface area contributed by atoms with Crippen LogP contribution in [0.3, 0.4) is 0 Å². The van der Waals surface area contributed by atoms with E-state index in [0.717, 1.165) is 12.7 Å².